The summed E-state index contributed by atoms with van der Waals surface area (Å²) >= 11 is 0. The molecule has 0 aliphatic rings. The molecule has 0 radical (unpaired) electrons. The summed E-state index contributed by atoms with van der Waals surface area (Å²) in [5, 5.41) is 14.1. The van der Waals surface area contributed by atoms with Gasteiger partial charge < -0.3 is 8.83 Å². The van der Waals surface area contributed by atoms with E-state index in [-0.39, 0.29) is 0 Å². The second-order valence-corrected chi connectivity index (χ2v) is 14.3. The highest BCUT2D eigenvalue weighted by atomic mass is 16.3. The van der Waals surface area contributed by atoms with Crippen molar-refractivity contribution in [1.29, 1.82) is 0 Å². The third-order valence-corrected chi connectivity index (χ3v) is 11.5. The van der Waals surface area contributed by atoms with E-state index in [0.29, 0.717) is 0 Å². The number of para-hydroxylation sites is 1. The third kappa shape index (κ3) is 4.11. The van der Waals surface area contributed by atoms with E-state index < -0.39 is 0 Å². The number of fused-ring (bicyclic) bond motifs is 12. The van der Waals surface area contributed by atoms with Crippen LogP contribution >= 0.6 is 0 Å². The highest BCUT2D eigenvalue weighted by Gasteiger charge is 2.20. The topological polar surface area (TPSA) is 26.3 Å². The molecule has 0 aliphatic heterocycles. The lowest BCUT2D eigenvalue weighted by Gasteiger charge is -2.19. The summed E-state index contributed by atoms with van der Waals surface area (Å²) in [6, 6.07) is 65.6. The van der Waals surface area contributed by atoms with Crippen molar-refractivity contribution in [3.8, 4) is 33.4 Å². The Kier molecular flexibility index (Phi) is 6.09. The van der Waals surface area contributed by atoms with Crippen molar-refractivity contribution in [2.45, 2.75) is 0 Å². The Labute approximate surface area is 310 Å². The van der Waals surface area contributed by atoms with Gasteiger partial charge in [-0.25, -0.2) is 0 Å². The predicted molar refractivity (Wildman–Crippen MR) is 227 cm³/mol. The predicted octanol–water partition coefficient (Wildman–Crippen LogP) is 15.1. The molecule has 0 N–H and O–H groups in total. The molecule has 10 aromatic carbocycles. The van der Waals surface area contributed by atoms with Gasteiger partial charge in [-0.3, -0.25) is 0 Å². The van der Waals surface area contributed by atoms with Crippen LogP contribution in [0.2, 0.25) is 0 Å². The summed E-state index contributed by atoms with van der Waals surface area (Å²) in [6.07, 6.45) is 0. The van der Waals surface area contributed by atoms with Gasteiger partial charge in [0.05, 0.1) is 0 Å². The highest BCUT2D eigenvalue weighted by molar-refractivity contribution is 6.28. The van der Waals surface area contributed by atoms with Gasteiger partial charge in [-0.2, -0.15) is 0 Å². The number of hydrogen-bond acceptors (Lipinski definition) is 2. The fraction of sp³-hybridized carbons (Fsp3) is 0. The molecular weight excluding hydrogens is 657 g/mol. The summed E-state index contributed by atoms with van der Waals surface area (Å²) in [5.74, 6) is 0. The zero-order valence-corrected chi connectivity index (χ0v) is 29.1. The van der Waals surface area contributed by atoms with Crippen molar-refractivity contribution < 1.29 is 8.83 Å². The largest absolute Gasteiger partial charge is 0.456 e. The molecule has 0 saturated carbocycles. The molecule has 0 atom stereocenters. The second-order valence-electron chi connectivity index (χ2n) is 14.3. The van der Waals surface area contributed by atoms with Gasteiger partial charge in [-0.05, 0) is 101 Å². The van der Waals surface area contributed by atoms with Crippen LogP contribution in [0.25, 0.3) is 120 Å². The van der Waals surface area contributed by atoms with Crippen molar-refractivity contribution in [2.24, 2.45) is 0 Å². The molecule has 0 aliphatic carbocycles. The summed E-state index contributed by atoms with van der Waals surface area (Å²) < 4.78 is 13.0. The van der Waals surface area contributed by atoms with E-state index in [1.54, 1.807) is 0 Å². The zero-order valence-electron chi connectivity index (χ0n) is 29.1. The van der Waals surface area contributed by atoms with Crippen molar-refractivity contribution in [3.63, 3.8) is 0 Å². The molecule has 0 amide bonds. The Hall–Kier alpha value is -7.16. The lowest BCUT2D eigenvalue weighted by molar-refractivity contribution is 0.668. The van der Waals surface area contributed by atoms with E-state index in [0.717, 1.165) is 60.2 Å². The zero-order chi connectivity index (χ0) is 35.3. The van der Waals surface area contributed by atoms with Crippen molar-refractivity contribution >= 4 is 87.0 Å². The standard InChI is InChI=1S/C52H30O2/c1-2-12-31(13-3-1)48-37-16-6-8-18-39(37)50(40-19-9-7-17-38(40)48)41-27-26-34(35-14-4-5-15-36(35)41)33-24-28-46-44(30-33)42-25-22-32-23-29-47-51(49(32)52(42)54-46)43-20-10-11-21-45(43)53-47/h1-30H. The van der Waals surface area contributed by atoms with Crippen molar-refractivity contribution in [3.05, 3.63) is 182 Å². The van der Waals surface area contributed by atoms with Crippen LogP contribution < -0.4 is 0 Å². The summed E-state index contributed by atoms with van der Waals surface area (Å²) in [4.78, 5) is 0. The fourth-order valence-electron chi connectivity index (χ4n) is 9.13. The molecule has 0 fully saturated rings. The van der Waals surface area contributed by atoms with Crippen LogP contribution in [0.1, 0.15) is 0 Å². The minimum Gasteiger partial charge on any atom is -0.456 e. The molecule has 54 heavy (non-hydrogen) atoms. The van der Waals surface area contributed by atoms with E-state index in [1.807, 2.05) is 12.1 Å². The first-order valence-corrected chi connectivity index (χ1v) is 18.5. The average molecular weight is 687 g/mol. The van der Waals surface area contributed by atoms with Crippen molar-refractivity contribution in [1.82, 2.24) is 0 Å². The summed E-state index contributed by atoms with van der Waals surface area (Å²) in [5.41, 5.74) is 10.9. The highest BCUT2D eigenvalue weighted by Crippen LogP contribution is 2.47. The van der Waals surface area contributed by atoms with E-state index in [1.165, 1.54) is 60.1 Å². The van der Waals surface area contributed by atoms with Crippen molar-refractivity contribution in [2.75, 3.05) is 0 Å². The lowest BCUT2D eigenvalue weighted by Crippen LogP contribution is -1.92. The van der Waals surface area contributed by atoms with Crippen LogP contribution in [-0.4, -0.2) is 0 Å². The van der Waals surface area contributed by atoms with Gasteiger partial charge in [-0.1, -0.05) is 152 Å². The maximum atomic E-state index is 6.73. The molecule has 250 valence electrons. The number of benzene rings is 10. The molecule has 2 heterocycles. The van der Waals surface area contributed by atoms with Gasteiger partial charge in [0.1, 0.15) is 22.3 Å². The van der Waals surface area contributed by atoms with Gasteiger partial charge in [0.2, 0.25) is 0 Å². The first-order valence-electron chi connectivity index (χ1n) is 18.5. The number of furan rings is 2. The van der Waals surface area contributed by atoms with Crippen LogP contribution in [0.3, 0.4) is 0 Å². The van der Waals surface area contributed by atoms with E-state index >= 15 is 0 Å². The normalized spacial score (nSPS) is 12.1. The van der Waals surface area contributed by atoms with Crippen LogP contribution in [0.15, 0.2) is 191 Å². The lowest BCUT2D eigenvalue weighted by atomic mass is 9.84. The molecule has 0 spiro atoms. The average Bonchev–Trinajstić information content (AvgIpc) is 3.81. The summed E-state index contributed by atoms with van der Waals surface area (Å²) in [7, 11) is 0. The Morgan fingerprint density at radius 3 is 1.57 bits per heavy atom. The fourth-order valence-corrected chi connectivity index (χ4v) is 9.13. The molecular formula is C52H30O2. The van der Waals surface area contributed by atoms with Crippen LogP contribution in [0, 0.1) is 0 Å². The summed E-state index contributed by atoms with van der Waals surface area (Å²) in [6.45, 7) is 0. The molecule has 2 heteroatoms. The van der Waals surface area contributed by atoms with Gasteiger partial charge in [0, 0.05) is 26.9 Å². The van der Waals surface area contributed by atoms with Gasteiger partial charge in [0.15, 0.2) is 0 Å². The first-order chi connectivity index (χ1) is 26.8. The van der Waals surface area contributed by atoms with Crippen LogP contribution in [-0.2, 0) is 0 Å². The van der Waals surface area contributed by atoms with Gasteiger partial charge in [-0.15, -0.1) is 0 Å². The Bertz CT molecular complexity index is 3430. The molecule has 0 saturated heterocycles. The Morgan fingerprint density at radius 1 is 0.278 bits per heavy atom. The monoisotopic (exact) mass is 686 g/mol. The van der Waals surface area contributed by atoms with Crippen LogP contribution in [0.5, 0.6) is 0 Å². The quantitative estimate of drug-likeness (QED) is 0.173. The molecule has 2 aromatic heterocycles. The van der Waals surface area contributed by atoms with E-state index in [4.69, 9.17) is 8.83 Å². The molecule has 0 unspecified atom stereocenters. The van der Waals surface area contributed by atoms with Crippen LogP contribution in [0.4, 0.5) is 0 Å². The minimum atomic E-state index is 0.874. The molecule has 12 rings (SSSR count). The van der Waals surface area contributed by atoms with E-state index in [2.05, 4.69) is 170 Å². The smallest absolute Gasteiger partial charge is 0.144 e. The number of hydrogen-bond donors (Lipinski definition) is 0. The van der Waals surface area contributed by atoms with Gasteiger partial charge >= 0.3 is 0 Å². The maximum Gasteiger partial charge on any atom is 0.144 e. The second kappa shape index (κ2) is 11.2. The SMILES string of the molecule is c1ccc(-c2c3ccccc3c(-c3ccc(-c4ccc5oc6c(ccc7ccc8oc9ccccc9c8c76)c5c4)c4ccccc34)c3ccccc23)cc1. The molecule has 12 aromatic rings. The van der Waals surface area contributed by atoms with Gasteiger partial charge in [0.25, 0.3) is 0 Å². The van der Waals surface area contributed by atoms with E-state index in [9.17, 15) is 0 Å². The maximum absolute atomic E-state index is 6.73. The Balaban J connectivity index is 1.09. The number of rotatable bonds is 3. The molecule has 2 nitrogen and oxygen atoms in total. The minimum absolute atomic E-state index is 0.874. The first kappa shape index (κ1) is 29.4. The Morgan fingerprint density at radius 2 is 0.833 bits per heavy atom. The molecule has 0 bridgehead atoms. The third-order valence-electron chi connectivity index (χ3n) is 11.5.